The highest BCUT2D eigenvalue weighted by atomic mass is 16.5. The van der Waals surface area contributed by atoms with Crippen molar-refractivity contribution >= 4 is 11.8 Å². The van der Waals surface area contributed by atoms with Gasteiger partial charge in [-0.05, 0) is 37.1 Å². The van der Waals surface area contributed by atoms with Crippen LogP contribution in [0.4, 0.5) is 0 Å². The van der Waals surface area contributed by atoms with Crippen molar-refractivity contribution in [1.82, 2.24) is 10.6 Å². The molecule has 6 heteroatoms. The fourth-order valence-electron chi connectivity index (χ4n) is 1.54. The topological polar surface area (TPSA) is 91.2 Å². The molecule has 0 aliphatic heterocycles. The van der Waals surface area contributed by atoms with Crippen LogP contribution in [-0.2, 0) is 9.59 Å². The quantitative estimate of drug-likeness (QED) is 0.727. The Morgan fingerprint density at radius 1 is 1.14 bits per heavy atom. The zero-order valence-electron chi connectivity index (χ0n) is 12.2. The molecule has 0 heterocycles. The van der Waals surface area contributed by atoms with Crippen molar-refractivity contribution < 1.29 is 14.3 Å². The average molecular weight is 289 g/mol. The van der Waals surface area contributed by atoms with Crippen LogP contribution in [0.25, 0.3) is 0 Å². The predicted molar refractivity (Wildman–Crippen MR) is 77.7 cm³/mol. The third-order valence-electron chi connectivity index (χ3n) is 2.86. The van der Waals surface area contributed by atoms with E-state index in [9.17, 15) is 9.59 Å². The summed E-state index contributed by atoms with van der Waals surface area (Å²) in [6, 6.07) is 7.38. The normalized spacial score (nSPS) is 9.57. The highest BCUT2D eigenvalue weighted by Gasteiger charge is 2.04. The van der Waals surface area contributed by atoms with Gasteiger partial charge in [-0.2, -0.15) is 5.26 Å². The van der Waals surface area contributed by atoms with Crippen LogP contribution in [0.3, 0.4) is 0 Å². The Kier molecular flexibility index (Phi) is 6.75. The molecule has 2 N–H and O–H groups in total. The number of nitrogens with one attached hydrogen (secondary N) is 2. The van der Waals surface area contributed by atoms with E-state index in [1.165, 1.54) is 5.56 Å². The molecule has 1 rings (SSSR count). The minimum atomic E-state index is -0.349. The van der Waals surface area contributed by atoms with Crippen molar-refractivity contribution in [1.29, 1.82) is 5.26 Å². The number of nitriles is 1. The fraction of sp³-hybridized carbons (Fsp3) is 0.400. The van der Waals surface area contributed by atoms with Crippen LogP contribution in [0.5, 0.6) is 5.75 Å². The molecular formula is C15H19N3O3. The van der Waals surface area contributed by atoms with Crippen molar-refractivity contribution in [2.45, 2.75) is 20.3 Å². The smallest absolute Gasteiger partial charge is 0.258 e. The Hall–Kier alpha value is -2.55. The van der Waals surface area contributed by atoms with Crippen LogP contribution in [0.2, 0.25) is 0 Å². The molecule has 0 spiro atoms. The van der Waals surface area contributed by atoms with Gasteiger partial charge in [0.15, 0.2) is 6.61 Å². The SMILES string of the molecule is Cc1ccc(OCC(=O)NCCNC(=O)CC#N)cc1C. The van der Waals surface area contributed by atoms with Gasteiger partial charge in [-0.3, -0.25) is 9.59 Å². The molecule has 112 valence electrons. The van der Waals surface area contributed by atoms with E-state index >= 15 is 0 Å². The number of hydrogen-bond donors (Lipinski definition) is 2. The second kappa shape index (κ2) is 8.59. The van der Waals surface area contributed by atoms with E-state index in [2.05, 4.69) is 10.6 Å². The summed E-state index contributed by atoms with van der Waals surface area (Å²) in [4.78, 5) is 22.5. The van der Waals surface area contributed by atoms with Crippen molar-refractivity contribution in [2.24, 2.45) is 0 Å². The number of ether oxygens (including phenoxy) is 1. The Morgan fingerprint density at radius 3 is 2.43 bits per heavy atom. The number of carbonyl (C=O) groups excluding carboxylic acids is 2. The van der Waals surface area contributed by atoms with Crippen LogP contribution in [0.15, 0.2) is 18.2 Å². The van der Waals surface area contributed by atoms with E-state index in [0.29, 0.717) is 12.3 Å². The summed E-state index contributed by atoms with van der Waals surface area (Å²) >= 11 is 0. The van der Waals surface area contributed by atoms with E-state index in [1.807, 2.05) is 32.0 Å². The number of nitrogens with zero attached hydrogens (tertiary/aromatic N) is 1. The zero-order valence-corrected chi connectivity index (χ0v) is 12.2. The Morgan fingerprint density at radius 2 is 1.81 bits per heavy atom. The lowest BCUT2D eigenvalue weighted by Gasteiger charge is -2.09. The molecule has 0 radical (unpaired) electrons. The summed E-state index contributed by atoms with van der Waals surface area (Å²) in [5.41, 5.74) is 2.27. The molecule has 0 saturated heterocycles. The minimum Gasteiger partial charge on any atom is -0.484 e. The third kappa shape index (κ3) is 6.43. The zero-order chi connectivity index (χ0) is 15.7. The highest BCUT2D eigenvalue weighted by molar-refractivity contribution is 5.78. The molecule has 2 amide bonds. The fourth-order valence-corrected chi connectivity index (χ4v) is 1.54. The summed E-state index contributed by atoms with van der Waals surface area (Å²) in [7, 11) is 0. The van der Waals surface area contributed by atoms with Crippen LogP contribution in [0.1, 0.15) is 17.5 Å². The van der Waals surface area contributed by atoms with Crippen molar-refractivity contribution in [3.8, 4) is 11.8 Å². The molecule has 0 aliphatic rings. The van der Waals surface area contributed by atoms with Crippen LogP contribution in [-0.4, -0.2) is 31.5 Å². The maximum Gasteiger partial charge on any atom is 0.258 e. The number of amides is 2. The number of benzene rings is 1. The molecule has 0 bridgehead atoms. The minimum absolute atomic E-state index is 0.0748. The first-order valence-electron chi connectivity index (χ1n) is 6.63. The average Bonchev–Trinajstić information content (AvgIpc) is 2.45. The number of hydrogen-bond acceptors (Lipinski definition) is 4. The van der Waals surface area contributed by atoms with E-state index in [0.717, 1.165) is 5.56 Å². The number of carbonyl (C=O) groups is 2. The van der Waals surface area contributed by atoms with Gasteiger partial charge in [0.05, 0.1) is 6.07 Å². The van der Waals surface area contributed by atoms with Gasteiger partial charge in [-0.25, -0.2) is 0 Å². The molecule has 0 unspecified atom stereocenters. The van der Waals surface area contributed by atoms with Gasteiger partial charge in [0, 0.05) is 13.1 Å². The van der Waals surface area contributed by atoms with Gasteiger partial charge in [0.2, 0.25) is 5.91 Å². The molecule has 0 fully saturated rings. The maximum absolute atomic E-state index is 11.5. The second-order valence-corrected chi connectivity index (χ2v) is 4.57. The predicted octanol–water partition coefficient (Wildman–Crippen LogP) is 0.828. The summed E-state index contributed by atoms with van der Waals surface area (Å²) < 4.78 is 5.38. The first-order chi connectivity index (χ1) is 10.0. The highest BCUT2D eigenvalue weighted by Crippen LogP contribution is 2.16. The summed E-state index contributed by atoms with van der Waals surface area (Å²) in [6.07, 6.45) is -0.177. The molecular weight excluding hydrogens is 270 g/mol. The Labute approximate surface area is 124 Å². The Balaban J connectivity index is 2.21. The van der Waals surface area contributed by atoms with Crippen LogP contribution in [0, 0.1) is 25.2 Å². The van der Waals surface area contributed by atoms with Gasteiger partial charge in [0.1, 0.15) is 12.2 Å². The molecule has 6 nitrogen and oxygen atoms in total. The summed E-state index contributed by atoms with van der Waals surface area (Å²) in [5, 5.41) is 13.4. The summed E-state index contributed by atoms with van der Waals surface area (Å²) in [6.45, 7) is 4.50. The molecule has 1 aromatic rings. The van der Waals surface area contributed by atoms with Gasteiger partial charge >= 0.3 is 0 Å². The van der Waals surface area contributed by atoms with E-state index in [1.54, 1.807) is 6.07 Å². The van der Waals surface area contributed by atoms with Gasteiger partial charge < -0.3 is 15.4 Å². The molecule has 0 aromatic heterocycles. The molecule has 21 heavy (non-hydrogen) atoms. The third-order valence-corrected chi connectivity index (χ3v) is 2.86. The van der Waals surface area contributed by atoms with Crippen LogP contribution < -0.4 is 15.4 Å². The number of rotatable bonds is 7. The summed E-state index contributed by atoms with van der Waals surface area (Å²) in [5.74, 6) is 0.0384. The monoisotopic (exact) mass is 289 g/mol. The standard InChI is InChI=1S/C15H19N3O3/c1-11-3-4-13(9-12(11)2)21-10-15(20)18-8-7-17-14(19)5-6-16/h3-4,9H,5,7-8,10H2,1-2H3,(H,17,19)(H,18,20). The lowest BCUT2D eigenvalue weighted by Crippen LogP contribution is -2.36. The molecule has 0 saturated carbocycles. The lowest BCUT2D eigenvalue weighted by atomic mass is 10.1. The molecule has 0 atom stereocenters. The Bertz CT molecular complexity index is 550. The van der Waals surface area contributed by atoms with Gasteiger partial charge in [-0.1, -0.05) is 6.07 Å². The first kappa shape index (κ1) is 16.5. The van der Waals surface area contributed by atoms with Crippen molar-refractivity contribution in [3.05, 3.63) is 29.3 Å². The van der Waals surface area contributed by atoms with Crippen molar-refractivity contribution in [3.63, 3.8) is 0 Å². The maximum atomic E-state index is 11.5. The van der Waals surface area contributed by atoms with E-state index in [4.69, 9.17) is 10.00 Å². The second-order valence-electron chi connectivity index (χ2n) is 4.57. The molecule has 1 aromatic carbocycles. The largest absolute Gasteiger partial charge is 0.484 e. The van der Waals surface area contributed by atoms with E-state index in [-0.39, 0.29) is 31.4 Å². The lowest BCUT2D eigenvalue weighted by molar-refractivity contribution is -0.123. The van der Waals surface area contributed by atoms with Crippen molar-refractivity contribution in [2.75, 3.05) is 19.7 Å². The first-order valence-corrected chi connectivity index (χ1v) is 6.63. The van der Waals surface area contributed by atoms with E-state index < -0.39 is 0 Å². The van der Waals surface area contributed by atoms with Gasteiger partial charge in [-0.15, -0.1) is 0 Å². The van der Waals surface area contributed by atoms with Crippen LogP contribution >= 0.6 is 0 Å². The van der Waals surface area contributed by atoms with Gasteiger partial charge in [0.25, 0.3) is 5.91 Å². The molecule has 0 aliphatic carbocycles. The number of aryl methyl sites for hydroxylation is 2.